The molecular formula is C15H13N3O3S. The first-order valence-corrected chi connectivity index (χ1v) is 7.99. The summed E-state index contributed by atoms with van der Waals surface area (Å²) < 4.78 is 1.45. The van der Waals surface area contributed by atoms with E-state index in [1.807, 2.05) is 12.2 Å². The lowest BCUT2D eigenvalue weighted by atomic mass is 9.85. The molecule has 1 aliphatic carbocycles. The van der Waals surface area contributed by atoms with Crippen molar-refractivity contribution in [3.63, 3.8) is 0 Å². The van der Waals surface area contributed by atoms with Crippen molar-refractivity contribution in [1.82, 2.24) is 14.3 Å². The van der Waals surface area contributed by atoms with Crippen molar-refractivity contribution < 1.29 is 9.59 Å². The van der Waals surface area contributed by atoms with Gasteiger partial charge in [0.05, 0.1) is 24.1 Å². The Morgan fingerprint density at radius 3 is 2.50 bits per heavy atom. The highest BCUT2D eigenvalue weighted by Gasteiger charge is 2.47. The maximum Gasteiger partial charge on any atom is 0.258 e. The van der Waals surface area contributed by atoms with Gasteiger partial charge in [-0.15, -0.1) is 11.3 Å². The number of carbonyl (C=O) groups is 2. The summed E-state index contributed by atoms with van der Waals surface area (Å²) >= 11 is 1.35. The number of hydrogen-bond donors (Lipinski definition) is 0. The molecule has 0 N–H and O–H groups in total. The van der Waals surface area contributed by atoms with Crippen LogP contribution in [0.1, 0.15) is 18.5 Å². The number of allylic oxidation sites excluding steroid dienone is 2. The van der Waals surface area contributed by atoms with Crippen molar-refractivity contribution in [2.24, 2.45) is 11.8 Å². The number of nitrogens with zero attached hydrogens (tertiary/aromatic N) is 3. The van der Waals surface area contributed by atoms with Gasteiger partial charge in [-0.2, -0.15) is 0 Å². The average Bonchev–Trinajstić information content (AvgIpc) is 3.08. The van der Waals surface area contributed by atoms with Crippen molar-refractivity contribution in [1.29, 1.82) is 0 Å². The Labute approximate surface area is 129 Å². The summed E-state index contributed by atoms with van der Waals surface area (Å²) in [6.45, 7) is 0.0777. The quantitative estimate of drug-likeness (QED) is 0.617. The van der Waals surface area contributed by atoms with Crippen LogP contribution in [0.5, 0.6) is 0 Å². The molecule has 2 unspecified atom stereocenters. The Balaban J connectivity index is 1.66. The molecule has 3 heterocycles. The van der Waals surface area contributed by atoms with Crippen LogP contribution in [0, 0.1) is 11.8 Å². The van der Waals surface area contributed by atoms with Gasteiger partial charge in [-0.25, -0.2) is 4.98 Å². The molecule has 112 valence electrons. The first kappa shape index (κ1) is 13.4. The van der Waals surface area contributed by atoms with Gasteiger partial charge in [0.1, 0.15) is 0 Å². The number of carbonyl (C=O) groups excluding carboxylic acids is 2. The highest BCUT2D eigenvalue weighted by atomic mass is 32.1. The number of aromatic nitrogens is 2. The van der Waals surface area contributed by atoms with E-state index in [1.54, 1.807) is 11.6 Å². The van der Waals surface area contributed by atoms with Crippen LogP contribution in [-0.4, -0.2) is 26.1 Å². The predicted octanol–water partition coefficient (Wildman–Crippen LogP) is 1.21. The van der Waals surface area contributed by atoms with Crippen LogP contribution in [-0.2, 0) is 16.1 Å². The highest BCUT2D eigenvalue weighted by Crippen LogP contribution is 2.35. The van der Waals surface area contributed by atoms with E-state index >= 15 is 0 Å². The van der Waals surface area contributed by atoms with Gasteiger partial charge in [0, 0.05) is 17.6 Å². The molecule has 22 heavy (non-hydrogen) atoms. The molecule has 2 atom stereocenters. The molecular weight excluding hydrogens is 302 g/mol. The fraction of sp³-hybridized carbons (Fsp3) is 0.333. The van der Waals surface area contributed by atoms with Gasteiger partial charge in [-0.1, -0.05) is 12.2 Å². The van der Waals surface area contributed by atoms with E-state index in [0.717, 1.165) is 0 Å². The van der Waals surface area contributed by atoms with Gasteiger partial charge in [0.2, 0.25) is 11.8 Å². The number of hydrogen-bond acceptors (Lipinski definition) is 5. The fourth-order valence-electron chi connectivity index (χ4n) is 3.16. The molecule has 4 rings (SSSR count). The maximum atomic E-state index is 12.4. The molecule has 7 heteroatoms. The molecule has 0 saturated carbocycles. The fourth-order valence-corrected chi connectivity index (χ4v) is 3.89. The number of imide groups is 1. The minimum atomic E-state index is -0.246. The molecule has 2 amide bonds. The smallest absolute Gasteiger partial charge is 0.258 e. The minimum absolute atomic E-state index is 0.0777. The maximum absolute atomic E-state index is 12.4. The molecule has 6 nitrogen and oxygen atoms in total. The van der Waals surface area contributed by atoms with Crippen molar-refractivity contribution in [2.75, 3.05) is 0 Å². The zero-order chi connectivity index (χ0) is 15.3. The molecule has 1 aliphatic heterocycles. The Kier molecular flexibility index (Phi) is 2.97. The molecule has 1 fully saturated rings. The summed E-state index contributed by atoms with van der Waals surface area (Å²) in [5.41, 5.74) is 0.264. The van der Waals surface area contributed by atoms with Crippen molar-refractivity contribution in [3.05, 3.63) is 45.8 Å². The van der Waals surface area contributed by atoms with Crippen molar-refractivity contribution in [3.8, 4) is 0 Å². The standard InChI is InChI=1S/C15H13N3O3S/c19-12-7-9(16-15-17(12)5-6-22-15)8-18-13(20)10-3-1-2-4-11(10)14(18)21/h1-2,5-7,10-11H,3-4,8H2. The van der Waals surface area contributed by atoms with Crippen molar-refractivity contribution in [2.45, 2.75) is 19.4 Å². The third-order valence-electron chi connectivity index (χ3n) is 4.28. The van der Waals surface area contributed by atoms with Crippen LogP contribution in [0.2, 0.25) is 0 Å². The van der Waals surface area contributed by atoms with Gasteiger partial charge in [0.15, 0.2) is 4.96 Å². The van der Waals surface area contributed by atoms with Crippen LogP contribution >= 0.6 is 11.3 Å². The number of fused-ring (bicyclic) bond motifs is 2. The molecule has 2 aromatic heterocycles. The van der Waals surface area contributed by atoms with E-state index in [4.69, 9.17) is 0 Å². The highest BCUT2D eigenvalue weighted by molar-refractivity contribution is 7.15. The molecule has 0 aromatic carbocycles. The number of likely N-dealkylation sites (tertiary alicyclic amines) is 1. The van der Waals surface area contributed by atoms with Crippen molar-refractivity contribution >= 4 is 28.1 Å². The number of rotatable bonds is 2. The van der Waals surface area contributed by atoms with Gasteiger partial charge in [0.25, 0.3) is 5.56 Å². The minimum Gasteiger partial charge on any atom is -0.276 e. The zero-order valence-electron chi connectivity index (χ0n) is 11.6. The lowest BCUT2D eigenvalue weighted by molar-refractivity contribution is -0.140. The number of thiazole rings is 1. The summed E-state index contributed by atoms with van der Waals surface area (Å²) in [5, 5.41) is 1.78. The monoisotopic (exact) mass is 315 g/mol. The van der Waals surface area contributed by atoms with Gasteiger partial charge >= 0.3 is 0 Å². The lowest BCUT2D eigenvalue weighted by Gasteiger charge is -2.14. The van der Waals surface area contributed by atoms with E-state index < -0.39 is 0 Å². The first-order chi connectivity index (χ1) is 10.6. The SMILES string of the molecule is O=C1C2CC=CCC2C(=O)N1Cc1cc(=O)n2ccsc2n1. The Bertz CT molecular complexity index is 840. The second kappa shape index (κ2) is 4.88. The van der Waals surface area contributed by atoms with E-state index in [1.165, 1.54) is 26.7 Å². The molecule has 1 saturated heterocycles. The Morgan fingerprint density at radius 2 is 1.82 bits per heavy atom. The van der Waals surface area contributed by atoms with Crippen LogP contribution in [0.15, 0.2) is 34.6 Å². The topological polar surface area (TPSA) is 71.8 Å². The summed E-state index contributed by atoms with van der Waals surface area (Å²) in [5.74, 6) is -0.784. The largest absolute Gasteiger partial charge is 0.276 e. The van der Waals surface area contributed by atoms with Crippen LogP contribution in [0.25, 0.3) is 4.96 Å². The van der Waals surface area contributed by atoms with Gasteiger partial charge < -0.3 is 0 Å². The molecule has 0 radical (unpaired) electrons. The predicted molar refractivity (Wildman–Crippen MR) is 80.3 cm³/mol. The average molecular weight is 315 g/mol. The summed E-state index contributed by atoms with van der Waals surface area (Å²) in [6.07, 6.45) is 6.81. The third-order valence-corrected chi connectivity index (χ3v) is 5.03. The summed E-state index contributed by atoms with van der Waals surface area (Å²) in [4.78, 5) is 43.0. The second-order valence-electron chi connectivity index (χ2n) is 5.56. The van der Waals surface area contributed by atoms with Crippen LogP contribution in [0.4, 0.5) is 0 Å². The van der Waals surface area contributed by atoms with E-state index in [-0.39, 0.29) is 35.8 Å². The van der Waals surface area contributed by atoms with Gasteiger partial charge in [-0.05, 0) is 12.8 Å². The van der Waals surface area contributed by atoms with E-state index in [2.05, 4.69) is 4.98 Å². The lowest BCUT2D eigenvalue weighted by Crippen LogP contribution is -2.31. The molecule has 2 aliphatic rings. The molecule has 2 aromatic rings. The zero-order valence-corrected chi connectivity index (χ0v) is 12.5. The summed E-state index contributed by atoms with van der Waals surface area (Å²) in [6, 6.07) is 1.39. The van der Waals surface area contributed by atoms with E-state index in [9.17, 15) is 14.4 Å². The van der Waals surface area contributed by atoms with Crippen LogP contribution in [0.3, 0.4) is 0 Å². The van der Waals surface area contributed by atoms with Gasteiger partial charge in [-0.3, -0.25) is 23.7 Å². The number of amides is 2. The second-order valence-corrected chi connectivity index (χ2v) is 6.43. The normalized spacial score (nSPS) is 24.3. The Hall–Kier alpha value is -2.28. The first-order valence-electron chi connectivity index (χ1n) is 7.11. The summed E-state index contributed by atoms with van der Waals surface area (Å²) in [7, 11) is 0. The Morgan fingerprint density at radius 1 is 1.14 bits per heavy atom. The third kappa shape index (κ3) is 1.93. The molecule has 0 spiro atoms. The van der Waals surface area contributed by atoms with E-state index in [0.29, 0.717) is 23.5 Å². The van der Waals surface area contributed by atoms with Crippen LogP contribution < -0.4 is 5.56 Å². The molecule has 0 bridgehead atoms.